The first-order chi connectivity index (χ1) is 12.6. The Kier molecular flexibility index (Phi) is 6.07. The van der Waals surface area contributed by atoms with E-state index < -0.39 is 0 Å². The molecule has 0 bridgehead atoms. The van der Waals surface area contributed by atoms with Crippen LogP contribution in [0.15, 0.2) is 48.7 Å². The van der Waals surface area contributed by atoms with Crippen LogP contribution in [-0.4, -0.2) is 54.4 Å². The van der Waals surface area contributed by atoms with E-state index in [9.17, 15) is 9.59 Å². The zero-order valence-corrected chi connectivity index (χ0v) is 15.2. The average Bonchev–Trinajstić information content (AvgIpc) is 2.69. The standard InChI is InChI=1S/C19H21ClN4O2/c20-16-6-4-15(5-7-16)13-18(25)22-14-19(26)24-11-9-23(10-12-24)17-3-1-2-8-21-17/h1-8H,9-14H2,(H,22,25). The predicted octanol–water partition coefficient (Wildman–Crippen LogP) is 1.74. The molecule has 1 saturated heterocycles. The number of hydrogen-bond acceptors (Lipinski definition) is 4. The zero-order valence-electron chi connectivity index (χ0n) is 14.4. The number of benzene rings is 1. The first-order valence-electron chi connectivity index (χ1n) is 8.57. The number of nitrogens with zero attached hydrogens (tertiary/aromatic N) is 3. The lowest BCUT2D eigenvalue weighted by Crippen LogP contribution is -2.51. The van der Waals surface area contributed by atoms with Crippen LogP contribution >= 0.6 is 11.6 Å². The number of hydrogen-bond donors (Lipinski definition) is 1. The van der Waals surface area contributed by atoms with Crippen molar-refractivity contribution in [3.8, 4) is 0 Å². The second-order valence-corrected chi connectivity index (χ2v) is 6.57. The molecule has 7 heteroatoms. The van der Waals surface area contributed by atoms with Crippen molar-refractivity contribution in [3.63, 3.8) is 0 Å². The maximum Gasteiger partial charge on any atom is 0.242 e. The number of amides is 2. The van der Waals surface area contributed by atoms with Gasteiger partial charge in [-0.25, -0.2) is 4.98 Å². The fraction of sp³-hybridized carbons (Fsp3) is 0.316. The highest BCUT2D eigenvalue weighted by Crippen LogP contribution is 2.12. The van der Waals surface area contributed by atoms with Crippen molar-refractivity contribution in [1.82, 2.24) is 15.2 Å². The Labute approximate surface area is 157 Å². The molecule has 2 amide bonds. The quantitative estimate of drug-likeness (QED) is 0.868. The lowest BCUT2D eigenvalue weighted by molar-refractivity contribution is -0.133. The summed E-state index contributed by atoms with van der Waals surface area (Å²) in [5.74, 6) is 0.693. The van der Waals surface area contributed by atoms with Crippen molar-refractivity contribution in [2.24, 2.45) is 0 Å². The molecule has 1 N–H and O–H groups in total. The van der Waals surface area contributed by atoms with E-state index >= 15 is 0 Å². The van der Waals surface area contributed by atoms with Crippen molar-refractivity contribution >= 4 is 29.2 Å². The highest BCUT2D eigenvalue weighted by atomic mass is 35.5. The van der Waals surface area contributed by atoms with Crippen LogP contribution in [-0.2, 0) is 16.0 Å². The number of anilines is 1. The summed E-state index contributed by atoms with van der Waals surface area (Å²) in [7, 11) is 0. The number of carbonyl (C=O) groups excluding carboxylic acids is 2. The van der Waals surface area contributed by atoms with Crippen LogP contribution < -0.4 is 10.2 Å². The molecule has 0 spiro atoms. The Morgan fingerprint density at radius 1 is 1.04 bits per heavy atom. The van der Waals surface area contributed by atoms with Gasteiger partial charge in [-0.05, 0) is 29.8 Å². The highest BCUT2D eigenvalue weighted by Gasteiger charge is 2.21. The minimum atomic E-state index is -0.173. The molecule has 0 radical (unpaired) electrons. The summed E-state index contributed by atoms with van der Waals surface area (Å²) in [6.45, 7) is 2.75. The molecule has 2 heterocycles. The van der Waals surface area contributed by atoms with Gasteiger partial charge in [-0.1, -0.05) is 29.8 Å². The van der Waals surface area contributed by atoms with E-state index in [0.717, 1.165) is 24.5 Å². The van der Waals surface area contributed by atoms with Crippen LogP contribution in [0.3, 0.4) is 0 Å². The predicted molar refractivity (Wildman–Crippen MR) is 101 cm³/mol. The molecule has 0 saturated carbocycles. The van der Waals surface area contributed by atoms with Crippen molar-refractivity contribution in [2.45, 2.75) is 6.42 Å². The molecule has 0 atom stereocenters. The second kappa shape index (κ2) is 8.67. The number of rotatable bonds is 5. The van der Waals surface area contributed by atoms with Crippen LogP contribution in [0.25, 0.3) is 0 Å². The molecule has 1 aliphatic heterocycles. The van der Waals surface area contributed by atoms with E-state index in [-0.39, 0.29) is 24.8 Å². The molecule has 2 aromatic rings. The number of nitrogens with one attached hydrogen (secondary N) is 1. The van der Waals surface area contributed by atoms with Gasteiger partial charge in [0.05, 0.1) is 13.0 Å². The van der Waals surface area contributed by atoms with Gasteiger partial charge in [-0.3, -0.25) is 9.59 Å². The third-order valence-corrected chi connectivity index (χ3v) is 4.57. The number of aromatic nitrogens is 1. The maximum absolute atomic E-state index is 12.3. The number of carbonyl (C=O) groups is 2. The molecule has 0 aliphatic carbocycles. The molecular weight excluding hydrogens is 352 g/mol. The Morgan fingerprint density at radius 3 is 2.42 bits per heavy atom. The van der Waals surface area contributed by atoms with Crippen molar-refractivity contribution < 1.29 is 9.59 Å². The van der Waals surface area contributed by atoms with Crippen LogP contribution in [0.5, 0.6) is 0 Å². The summed E-state index contributed by atoms with van der Waals surface area (Å²) in [4.78, 5) is 32.6. The Balaban J connectivity index is 1.41. The Morgan fingerprint density at radius 2 is 1.77 bits per heavy atom. The Bertz CT molecular complexity index is 744. The van der Waals surface area contributed by atoms with E-state index in [2.05, 4.69) is 15.2 Å². The van der Waals surface area contributed by atoms with Crippen LogP contribution in [0.1, 0.15) is 5.56 Å². The lowest BCUT2D eigenvalue weighted by Gasteiger charge is -2.35. The normalized spacial score (nSPS) is 14.2. The first-order valence-corrected chi connectivity index (χ1v) is 8.94. The molecule has 3 rings (SSSR count). The van der Waals surface area contributed by atoms with Crippen molar-refractivity contribution in [2.75, 3.05) is 37.6 Å². The minimum Gasteiger partial charge on any atom is -0.353 e. The van der Waals surface area contributed by atoms with Gasteiger partial charge in [0.2, 0.25) is 11.8 Å². The van der Waals surface area contributed by atoms with E-state index in [0.29, 0.717) is 18.1 Å². The lowest BCUT2D eigenvalue weighted by atomic mass is 10.1. The van der Waals surface area contributed by atoms with Gasteiger partial charge < -0.3 is 15.1 Å². The van der Waals surface area contributed by atoms with Gasteiger partial charge in [0, 0.05) is 37.4 Å². The summed E-state index contributed by atoms with van der Waals surface area (Å²) in [6, 6.07) is 12.9. The monoisotopic (exact) mass is 372 g/mol. The SMILES string of the molecule is O=C(Cc1ccc(Cl)cc1)NCC(=O)N1CCN(c2ccccn2)CC1. The molecule has 1 aliphatic rings. The highest BCUT2D eigenvalue weighted by molar-refractivity contribution is 6.30. The molecule has 136 valence electrons. The summed E-state index contributed by atoms with van der Waals surface area (Å²) in [5, 5.41) is 3.33. The van der Waals surface area contributed by atoms with Crippen LogP contribution in [0.4, 0.5) is 5.82 Å². The van der Waals surface area contributed by atoms with Gasteiger partial charge in [0.15, 0.2) is 0 Å². The maximum atomic E-state index is 12.3. The second-order valence-electron chi connectivity index (χ2n) is 6.14. The molecular formula is C19H21ClN4O2. The third-order valence-electron chi connectivity index (χ3n) is 4.32. The van der Waals surface area contributed by atoms with Gasteiger partial charge in [-0.15, -0.1) is 0 Å². The number of pyridine rings is 1. The van der Waals surface area contributed by atoms with Crippen molar-refractivity contribution in [1.29, 1.82) is 0 Å². The minimum absolute atomic E-state index is 0.0238. The average molecular weight is 373 g/mol. The van der Waals surface area contributed by atoms with Gasteiger partial charge in [0.1, 0.15) is 5.82 Å². The van der Waals surface area contributed by atoms with Gasteiger partial charge >= 0.3 is 0 Å². The molecule has 0 unspecified atom stereocenters. The molecule has 1 aromatic heterocycles. The first kappa shape index (κ1) is 18.2. The fourth-order valence-corrected chi connectivity index (χ4v) is 2.99. The molecule has 6 nitrogen and oxygen atoms in total. The third kappa shape index (κ3) is 4.95. The molecule has 1 fully saturated rings. The summed E-state index contributed by atoms with van der Waals surface area (Å²) < 4.78 is 0. The summed E-state index contributed by atoms with van der Waals surface area (Å²) in [6.07, 6.45) is 2.00. The number of piperazine rings is 1. The van der Waals surface area contributed by atoms with Crippen LogP contribution in [0, 0.1) is 0 Å². The van der Waals surface area contributed by atoms with Gasteiger partial charge in [0.25, 0.3) is 0 Å². The summed E-state index contributed by atoms with van der Waals surface area (Å²) in [5.41, 5.74) is 0.864. The molecule has 26 heavy (non-hydrogen) atoms. The Hall–Kier alpha value is -2.60. The topological polar surface area (TPSA) is 65.5 Å². The fourth-order valence-electron chi connectivity index (χ4n) is 2.86. The van der Waals surface area contributed by atoms with E-state index in [1.807, 2.05) is 18.2 Å². The van der Waals surface area contributed by atoms with Crippen LogP contribution in [0.2, 0.25) is 5.02 Å². The molecule has 1 aromatic carbocycles. The van der Waals surface area contributed by atoms with E-state index in [1.165, 1.54) is 0 Å². The number of halogens is 1. The summed E-state index contributed by atoms with van der Waals surface area (Å²) >= 11 is 5.83. The smallest absolute Gasteiger partial charge is 0.242 e. The van der Waals surface area contributed by atoms with E-state index in [1.54, 1.807) is 35.4 Å². The van der Waals surface area contributed by atoms with E-state index in [4.69, 9.17) is 11.6 Å². The van der Waals surface area contributed by atoms with Gasteiger partial charge in [-0.2, -0.15) is 0 Å². The largest absolute Gasteiger partial charge is 0.353 e. The zero-order chi connectivity index (χ0) is 18.4. The van der Waals surface area contributed by atoms with Crippen molar-refractivity contribution in [3.05, 3.63) is 59.2 Å².